The first-order valence-corrected chi connectivity index (χ1v) is 11.4. The maximum absolute atomic E-state index is 12.9. The van der Waals surface area contributed by atoms with E-state index in [-0.39, 0.29) is 11.6 Å². The van der Waals surface area contributed by atoms with Gasteiger partial charge in [0, 0.05) is 50.6 Å². The van der Waals surface area contributed by atoms with Crippen LogP contribution in [0.1, 0.15) is 27.3 Å². The molecule has 0 unspecified atom stereocenters. The van der Waals surface area contributed by atoms with Crippen molar-refractivity contribution in [3.8, 4) is 0 Å². The highest BCUT2D eigenvalue weighted by Crippen LogP contribution is 2.29. The second-order valence-corrected chi connectivity index (χ2v) is 8.64. The van der Waals surface area contributed by atoms with Crippen LogP contribution in [0.4, 0.5) is 5.69 Å². The van der Waals surface area contributed by atoms with Gasteiger partial charge >= 0.3 is 0 Å². The Morgan fingerprint density at radius 2 is 1.90 bits per heavy atom. The molecular weight excluding hydrogens is 414 g/mol. The first-order chi connectivity index (χ1) is 14.9. The summed E-state index contributed by atoms with van der Waals surface area (Å²) in [7, 11) is 0. The molecule has 0 bridgehead atoms. The van der Waals surface area contributed by atoms with E-state index in [0.717, 1.165) is 36.7 Å². The van der Waals surface area contributed by atoms with Crippen LogP contribution in [0.3, 0.4) is 0 Å². The normalized spacial score (nSPS) is 14.9. The minimum atomic E-state index is -0.430. The van der Waals surface area contributed by atoms with E-state index in [1.54, 1.807) is 23.3 Å². The third kappa shape index (κ3) is 4.28. The fourth-order valence-electron chi connectivity index (χ4n) is 3.97. The molecule has 1 fully saturated rings. The number of carbonyl (C=O) groups is 1. The molecule has 3 heterocycles. The second-order valence-electron chi connectivity index (χ2n) is 7.79. The summed E-state index contributed by atoms with van der Waals surface area (Å²) in [5.74, 6) is -0.156. The number of fused-ring (bicyclic) bond motifs is 1. The lowest BCUT2D eigenvalue weighted by Crippen LogP contribution is -2.48. The van der Waals surface area contributed by atoms with E-state index in [4.69, 9.17) is 0 Å². The molecule has 0 N–H and O–H groups in total. The lowest BCUT2D eigenvalue weighted by atomic mass is 10.1. The van der Waals surface area contributed by atoms with Gasteiger partial charge in [0.1, 0.15) is 5.65 Å². The maximum Gasteiger partial charge on any atom is 0.283 e. The van der Waals surface area contributed by atoms with Gasteiger partial charge in [-0.05, 0) is 49.9 Å². The van der Waals surface area contributed by atoms with Crippen LogP contribution in [0.25, 0.3) is 5.65 Å². The first kappa shape index (κ1) is 21.3. The summed E-state index contributed by atoms with van der Waals surface area (Å²) in [4.78, 5) is 33.1. The van der Waals surface area contributed by atoms with E-state index in [1.807, 2.05) is 6.92 Å². The number of aryl methyl sites for hydroxylation is 2. The maximum atomic E-state index is 12.9. The van der Waals surface area contributed by atoms with Crippen molar-refractivity contribution in [3.05, 3.63) is 69.2 Å². The molecule has 0 atom stereocenters. The van der Waals surface area contributed by atoms with Crippen LogP contribution >= 0.6 is 11.8 Å². The van der Waals surface area contributed by atoms with Crippen LogP contribution in [0.2, 0.25) is 0 Å². The van der Waals surface area contributed by atoms with Crippen LogP contribution in [0.5, 0.6) is 0 Å². The number of benzene rings is 1. The van der Waals surface area contributed by atoms with Crippen molar-refractivity contribution in [2.45, 2.75) is 25.3 Å². The van der Waals surface area contributed by atoms with E-state index in [2.05, 4.69) is 39.5 Å². The van der Waals surface area contributed by atoms with Gasteiger partial charge < -0.3 is 9.30 Å². The standard InChI is InChI=1S/C22H25N5O3S/c1-15-6-7-26-19(16(2)23-21(26)12-15)14-24-8-10-25(11-9-24)22(28)17-4-5-20(31-3)18(13-17)27(29)30/h4-7,12-13H,8-11,14H2,1-3H3. The number of nitro groups is 1. The van der Waals surface area contributed by atoms with Crippen molar-refractivity contribution in [2.75, 3.05) is 32.4 Å². The first-order valence-electron chi connectivity index (χ1n) is 10.2. The van der Waals surface area contributed by atoms with Gasteiger partial charge in [0.15, 0.2) is 0 Å². The molecule has 8 nitrogen and oxygen atoms in total. The number of hydrogen-bond acceptors (Lipinski definition) is 6. The Hall–Kier alpha value is -2.91. The van der Waals surface area contributed by atoms with Crippen molar-refractivity contribution in [3.63, 3.8) is 0 Å². The Labute approximate surface area is 185 Å². The molecule has 1 aliphatic rings. The topological polar surface area (TPSA) is 84.0 Å². The number of piperazine rings is 1. The fraction of sp³-hybridized carbons (Fsp3) is 0.364. The predicted octanol–water partition coefficient (Wildman–Crippen LogP) is 3.54. The van der Waals surface area contributed by atoms with Crippen LogP contribution < -0.4 is 0 Å². The minimum Gasteiger partial charge on any atom is -0.336 e. The molecule has 31 heavy (non-hydrogen) atoms. The van der Waals surface area contributed by atoms with E-state index in [9.17, 15) is 14.9 Å². The minimum absolute atomic E-state index is 0.0182. The number of thioether (sulfide) groups is 1. The third-order valence-electron chi connectivity index (χ3n) is 5.74. The zero-order valence-electron chi connectivity index (χ0n) is 17.9. The molecule has 0 aliphatic carbocycles. The summed E-state index contributed by atoms with van der Waals surface area (Å²) >= 11 is 1.30. The highest BCUT2D eigenvalue weighted by atomic mass is 32.2. The Morgan fingerprint density at radius 1 is 1.16 bits per heavy atom. The number of nitro benzene ring substituents is 1. The van der Waals surface area contributed by atoms with Gasteiger partial charge in [-0.1, -0.05) is 0 Å². The molecule has 0 spiro atoms. The largest absolute Gasteiger partial charge is 0.336 e. The average Bonchev–Trinajstić information content (AvgIpc) is 3.07. The summed E-state index contributed by atoms with van der Waals surface area (Å²) in [5, 5.41) is 11.3. The Morgan fingerprint density at radius 3 is 2.58 bits per heavy atom. The highest BCUT2D eigenvalue weighted by molar-refractivity contribution is 7.98. The second kappa shape index (κ2) is 8.68. The molecule has 162 valence electrons. The quantitative estimate of drug-likeness (QED) is 0.343. The molecule has 1 saturated heterocycles. The van der Waals surface area contributed by atoms with Crippen molar-refractivity contribution >= 4 is 29.0 Å². The zero-order chi connectivity index (χ0) is 22.1. The summed E-state index contributed by atoms with van der Waals surface area (Å²) in [6.07, 6.45) is 3.85. The van der Waals surface area contributed by atoms with Crippen molar-refractivity contribution in [2.24, 2.45) is 0 Å². The van der Waals surface area contributed by atoms with Crippen LogP contribution in [-0.4, -0.2) is 62.4 Å². The van der Waals surface area contributed by atoms with Crippen molar-refractivity contribution in [1.29, 1.82) is 0 Å². The van der Waals surface area contributed by atoms with Crippen LogP contribution in [0, 0.1) is 24.0 Å². The molecule has 2 aromatic heterocycles. The molecule has 0 radical (unpaired) electrons. The number of carbonyl (C=O) groups excluding carboxylic acids is 1. The third-order valence-corrected chi connectivity index (χ3v) is 6.52. The van der Waals surface area contributed by atoms with E-state index < -0.39 is 4.92 Å². The number of imidazole rings is 1. The van der Waals surface area contributed by atoms with E-state index >= 15 is 0 Å². The average molecular weight is 440 g/mol. The van der Waals surface area contributed by atoms with E-state index in [1.165, 1.54) is 23.4 Å². The van der Waals surface area contributed by atoms with Gasteiger partial charge in [0.25, 0.3) is 11.6 Å². The SMILES string of the molecule is CSc1ccc(C(=O)N2CCN(Cc3c(C)nc4cc(C)ccn34)CC2)cc1[N+](=O)[O-]. The molecule has 1 amide bonds. The van der Waals surface area contributed by atoms with E-state index in [0.29, 0.717) is 23.5 Å². The number of pyridine rings is 1. The molecule has 0 saturated carbocycles. The van der Waals surface area contributed by atoms with Gasteiger partial charge in [0.05, 0.1) is 21.2 Å². The van der Waals surface area contributed by atoms with Gasteiger partial charge in [-0.25, -0.2) is 4.98 Å². The Balaban J connectivity index is 1.43. The van der Waals surface area contributed by atoms with Crippen molar-refractivity contribution < 1.29 is 9.72 Å². The van der Waals surface area contributed by atoms with Crippen LogP contribution in [0.15, 0.2) is 41.4 Å². The summed E-state index contributed by atoms with van der Waals surface area (Å²) in [5.41, 5.74) is 4.67. The summed E-state index contributed by atoms with van der Waals surface area (Å²) in [6.45, 7) is 7.53. The summed E-state index contributed by atoms with van der Waals surface area (Å²) < 4.78 is 2.13. The molecule has 9 heteroatoms. The Bertz CT molecular complexity index is 1150. The number of amides is 1. The molecular formula is C22H25N5O3S. The highest BCUT2D eigenvalue weighted by Gasteiger charge is 2.25. The van der Waals surface area contributed by atoms with Gasteiger partial charge in [-0.2, -0.15) is 0 Å². The molecule has 1 aromatic carbocycles. The predicted molar refractivity (Wildman–Crippen MR) is 121 cm³/mol. The van der Waals surface area contributed by atoms with Gasteiger partial charge in [-0.3, -0.25) is 19.8 Å². The number of aromatic nitrogens is 2. The Kier molecular flexibility index (Phi) is 5.97. The fourth-order valence-corrected chi connectivity index (χ4v) is 4.52. The molecule has 1 aliphatic heterocycles. The summed E-state index contributed by atoms with van der Waals surface area (Å²) in [6, 6.07) is 8.88. The van der Waals surface area contributed by atoms with Crippen LogP contribution in [-0.2, 0) is 6.54 Å². The monoisotopic (exact) mass is 439 g/mol. The van der Waals surface area contributed by atoms with Gasteiger partial charge in [0.2, 0.25) is 0 Å². The smallest absolute Gasteiger partial charge is 0.283 e. The lowest BCUT2D eigenvalue weighted by molar-refractivity contribution is -0.387. The number of rotatable bonds is 5. The number of hydrogen-bond donors (Lipinski definition) is 0. The lowest BCUT2D eigenvalue weighted by Gasteiger charge is -2.34. The molecule has 3 aromatic rings. The number of nitrogens with zero attached hydrogens (tertiary/aromatic N) is 5. The van der Waals surface area contributed by atoms with Gasteiger partial charge in [-0.15, -0.1) is 11.8 Å². The molecule has 4 rings (SSSR count). The van der Waals surface area contributed by atoms with Crippen molar-refractivity contribution in [1.82, 2.24) is 19.2 Å². The zero-order valence-corrected chi connectivity index (χ0v) is 18.7.